The first-order valence-corrected chi connectivity index (χ1v) is 7.33. The zero-order chi connectivity index (χ0) is 13.1. The van der Waals surface area contributed by atoms with Crippen LogP contribution < -0.4 is 5.73 Å². The molecule has 17 heavy (non-hydrogen) atoms. The van der Waals surface area contributed by atoms with Crippen LogP contribution in [-0.2, 0) is 14.8 Å². The van der Waals surface area contributed by atoms with E-state index in [4.69, 9.17) is 5.73 Å². The van der Waals surface area contributed by atoms with Gasteiger partial charge in [-0.05, 0) is 19.8 Å². The van der Waals surface area contributed by atoms with Crippen molar-refractivity contribution in [2.45, 2.75) is 25.0 Å². The fourth-order valence-corrected chi connectivity index (χ4v) is 2.92. The topological polar surface area (TPSA) is 83.7 Å². The smallest absolute Gasteiger partial charge is 0.237 e. The number of likely N-dealkylation sites (tertiary alicyclic amines) is 1. The van der Waals surface area contributed by atoms with Crippen LogP contribution >= 0.6 is 0 Å². The molecule has 0 aromatic heterocycles. The summed E-state index contributed by atoms with van der Waals surface area (Å²) >= 11 is 0. The van der Waals surface area contributed by atoms with Crippen LogP contribution in [0.1, 0.15) is 19.8 Å². The molecule has 1 fully saturated rings. The Bertz CT molecular complexity index is 363. The zero-order valence-electron chi connectivity index (χ0n) is 10.4. The van der Waals surface area contributed by atoms with Crippen LogP contribution in [0.2, 0.25) is 0 Å². The van der Waals surface area contributed by atoms with Gasteiger partial charge in [0, 0.05) is 26.7 Å². The molecule has 0 radical (unpaired) electrons. The van der Waals surface area contributed by atoms with E-state index in [1.165, 1.54) is 7.05 Å². The number of sulfonamides is 1. The van der Waals surface area contributed by atoms with E-state index in [1.807, 2.05) is 0 Å². The van der Waals surface area contributed by atoms with Gasteiger partial charge in [0.1, 0.15) is 0 Å². The molecule has 1 aliphatic rings. The third kappa shape index (κ3) is 3.40. The van der Waals surface area contributed by atoms with Crippen molar-refractivity contribution in [3.8, 4) is 0 Å². The Morgan fingerprint density at radius 1 is 1.41 bits per heavy atom. The van der Waals surface area contributed by atoms with Crippen LogP contribution in [0.4, 0.5) is 0 Å². The number of nitrogens with zero attached hydrogens (tertiary/aromatic N) is 2. The largest absolute Gasteiger partial charge is 0.342 e. The van der Waals surface area contributed by atoms with Crippen molar-refractivity contribution in [3.63, 3.8) is 0 Å². The summed E-state index contributed by atoms with van der Waals surface area (Å²) in [7, 11) is -2.03. The quantitative estimate of drug-likeness (QED) is 0.705. The Kier molecular flexibility index (Phi) is 4.91. The fraction of sp³-hybridized carbons (Fsp3) is 0.900. The molecule has 0 spiro atoms. The molecular formula is C10H21N3O3S. The highest BCUT2D eigenvalue weighted by Gasteiger charge is 2.28. The van der Waals surface area contributed by atoms with Gasteiger partial charge in [0.2, 0.25) is 15.9 Å². The molecule has 1 rings (SSSR count). The molecule has 0 saturated carbocycles. The van der Waals surface area contributed by atoms with Crippen LogP contribution in [0.3, 0.4) is 0 Å². The SMILES string of the molecule is CC(CN)S(=O)(=O)N(C)CC(=O)N1CCCC1. The molecule has 2 N–H and O–H groups in total. The minimum Gasteiger partial charge on any atom is -0.342 e. The highest BCUT2D eigenvalue weighted by Crippen LogP contribution is 2.10. The average Bonchev–Trinajstić information content (AvgIpc) is 2.81. The normalized spacial score (nSPS) is 18.7. The molecule has 0 aliphatic carbocycles. The van der Waals surface area contributed by atoms with E-state index >= 15 is 0 Å². The first-order valence-electron chi connectivity index (χ1n) is 5.82. The summed E-state index contributed by atoms with van der Waals surface area (Å²) in [6, 6.07) is 0. The number of hydrogen-bond donors (Lipinski definition) is 1. The maximum atomic E-state index is 11.9. The monoisotopic (exact) mass is 263 g/mol. The zero-order valence-corrected chi connectivity index (χ0v) is 11.2. The molecule has 1 amide bonds. The number of amides is 1. The van der Waals surface area contributed by atoms with Gasteiger partial charge in [-0.1, -0.05) is 0 Å². The molecule has 1 heterocycles. The van der Waals surface area contributed by atoms with Crippen molar-refractivity contribution in [1.29, 1.82) is 0 Å². The molecule has 6 nitrogen and oxygen atoms in total. The van der Waals surface area contributed by atoms with E-state index < -0.39 is 15.3 Å². The van der Waals surface area contributed by atoms with E-state index in [0.717, 1.165) is 30.2 Å². The molecule has 0 bridgehead atoms. The van der Waals surface area contributed by atoms with Gasteiger partial charge >= 0.3 is 0 Å². The first-order chi connectivity index (χ1) is 7.89. The highest BCUT2D eigenvalue weighted by atomic mass is 32.2. The van der Waals surface area contributed by atoms with Gasteiger partial charge in [-0.25, -0.2) is 8.42 Å². The van der Waals surface area contributed by atoms with E-state index in [9.17, 15) is 13.2 Å². The average molecular weight is 263 g/mol. The Morgan fingerprint density at radius 3 is 2.41 bits per heavy atom. The predicted molar refractivity (Wildman–Crippen MR) is 65.9 cm³/mol. The van der Waals surface area contributed by atoms with Crippen LogP contribution in [0, 0.1) is 0 Å². The Labute approximate surface area is 103 Å². The number of hydrogen-bond acceptors (Lipinski definition) is 4. The summed E-state index contributed by atoms with van der Waals surface area (Å²) < 4.78 is 24.9. The second kappa shape index (κ2) is 5.79. The lowest BCUT2D eigenvalue weighted by Crippen LogP contribution is -2.44. The summed E-state index contributed by atoms with van der Waals surface area (Å²) in [6.45, 7) is 2.99. The van der Waals surface area contributed by atoms with E-state index in [2.05, 4.69) is 0 Å². The minimum atomic E-state index is -3.45. The van der Waals surface area contributed by atoms with Crippen LogP contribution in [0.15, 0.2) is 0 Å². The molecule has 100 valence electrons. The van der Waals surface area contributed by atoms with E-state index in [1.54, 1.807) is 11.8 Å². The summed E-state index contributed by atoms with van der Waals surface area (Å²) in [5.74, 6) is -0.127. The lowest BCUT2D eigenvalue weighted by Gasteiger charge is -2.23. The number of nitrogens with two attached hydrogens (primary N) is 1. The Hall–Kier alpha value is -0.660. The van der Waals surface area contributed by atoms with Crippen LogP contribution in [0.25, 0.3) is 0 Å². The summed E-state index contributed by atoms with van der Waals surface area (Å²) in [6.07, 6.45) is 2.00. The maximum absolute atomic E-state index is 11.9. The van der Waals surface area contributed by atoms with Gasteiger partial charge in [-0.15, -0.1) is 0 Å². The van der Waals surface area contributed by atoms with Gasteiger partial charge in [0.25, 0.3) is 0 Å². The lowest BCUT2D eigenvalue weighted by atomic mass is 10.4. The van der Waals surface area contributed by atoms with Crippen molar-refractivity contribution < 1.29 is 13.2 Å². The molecule has 1 saturated heterocycles. The molecule has 0 aromatic carbocycles. The molecule has 1 aliphatic heterocycles. The van der Waals surface area contributed by atoms with E-state index in [-0.39, 0.29) is 19.0 Å². The third-order valence-corrected chi connectivity index (χ3v) is 5.30. The minimum absolute atomic E-state index is 0.0601. The van der Waals surface area contributed by atoms with Gasteiger partial charge in [-0.3, -0.25) is 4.79 Å². The molecular weight excluding hydrogens is 242 g/mol. The molecule has 1 atom stereocenters. The van der Waals surface area contributed by atoms with Crippen LogP contribution in [-0.4, -0.2) is 62.0 Å². The number of rotatable bonds is 5. The van der Waals surface area contributed by atoms with Crippen LogP contribution in [0.5, 0.6) is 0 Å². The molecule has 7 heteroatoms. The van der Waals surface area contributed by atoms with Crippen molar-refractivity contribution in [3.05, 3.63) is 0 Å². The standard InChI is InChI=1S/C10H21N3O3S/c1-9(7-11)17(15,16)12(2)8-10(14)13-5-3-4-6-13/h9H,3-8,11H2,1-2H3. The first kappa shape index (κ1) is 14.4. The van der Waals surface area contributed by atoms with Crippen molar-refractivity contribution >= 4 is 15.9 Å². The Morgan fingerprint density at radius 2 is 1.94 bits per heavy atom. The van der Waals surface area contributed by atoms with E-state index in [0.29, 0.717) is 0 Å². The number of carbonyl (C=O) groups excluding carboxylic acids is 1. The molecule has 0 aromatic rings. The Balaban J connectivity index is 2.59. The van der Waals surface area contributed by atoms with Gasteiger partial charge < -0.3 is 10.6 Å². The third-order valence-electron chi connectivity index (χ3n) is 3.09. The van der Waals surface area contributed by atoms with Crippen molar-refractivity contribution in [2.24, 2.45) is 5.73 Å². The lowest BCUT2D eigenvalue weighted by molar-refractivity contribution is -0.130. The summed E-state index contributed by atoms with van der Waals surface area (Å²) in [5, 5.41) is -0.654. The molecule has 1 unspecified atom stereocenters. The predicted octanol–water partition coefficient (Wildman–Crippen LogP) is -0.782. The van der Waals surface area contributed by atoms with Crippen molar-refractivity contribution in [1.82, 2.24) is 9.21 Å². The highest BCUT2D eigenvalue weighted by molar-refractivity contribution is 7.89. The van der Waals surface area contributed by atoms with Gasteiger partial charge in [0.05, 0.1) is 11.8 Å². The van der Waals surface area contributed by atoms with Crippen molar-refractivity contribution in [2.75, 3.05) is 33.2 Å². The second-order valence-corrected chi connectivity index (χ2v) is 6.89. The number of likely N-dealkylation sites (N-methyl/N-ethyl adjacent to an activating group) is 1. The summed E-state index contributed by atoms with van der Waals surface area (Å²) in [5.41, 5.74) is 5.35. The van der Waals surface area contributed by atoms with Gasteiger partial charge in [-0.2, -0.15) is 4.31 Å². The number of carbonyl (C=O) groups is 1. The maximum Gasteiger partial charge on any atom is 0.237 e. The summed E-state index contributed by atoms with van der Waals surface area (Å²) in [4.78, 5) is 13.5. The second-order valence-electron chi connectivity index (χ2n) is 4.44. The fourth-order valence-electron chi connectivity index (χ4n) is 1.78. The van der Waals surface area contributed by atoms with Gasteiger partial charge in [0.15, 0.2) is 0 Å².